The van der Waals surface area contributed by atoms with Gasteiger partial charge in [0.1, 0.15) is 5.69 Å². The van der Waals surface area contributed by atoms with Gasteiger partial charge in [0.15, 0.2) is 0 Å². The second-order valence-corrected chi connectivity index (χ2v) is 8.35. The van der Waals surface area contributed by atoms with E-state index in [-0.39, 0.29) is 29.7 Å². The largest absolute Gasteiger partial charge is 0.347 e. The Balaban J connectivity index is 1.56. The summed E-state index contributed by atoms with van der Waals surface area (Å²) in [5, 5.41) is 9.42. The summed E-state index contributed by atoms with van der Waals surface area (Å²) in [6.07, 6.45) is 0.634. The SMILES string of the molecule is CC[C@@H](Cn1nc(-c2cccs2)ccc1=O)NC(=O)c1ccc2c(c1)n(C)c(=O)n2C. The van der Waals surface area contributed by atoms with Crippen LogP contribution in [0.5, 0.6) is 0 Å². The second kappa shape index (κ2) is 8.35. The monoisotopic (exact) mass is 437 g/mol. The zero-order valence-corrected chi connectivity index (χ0v) is 18.3. The van der Waals surface area contributed by atoms with E-state index in [9.17, 15) is 14.4 Å². The molecule has 0 aliphatic heterocycles. The van der Waals surface area contributed by atoms with E-state index in [0.29, 0.717) is 17.5 Å². The second-order valence-electron chi connectivity index (χ2n) is 7.40. The molecular formula is C22H23N5O3S. The first kappa shape index (κ1) is 20.8. The number of thiophene rings is 1. The van der Waals surface area contributed by atoms with Crippen LogP contribution in [-0.2, 0) is 20.6 Å². The third-order valence-corrected chi connectivity index (χ3v) is 6.29. The van der Waals surface area contributed by atoms with E-state index in [0.717, 1.165) is 16.1 Å². The van der Waals surface area contributed by atoms with Crippen molar-refractivity contribution in [3.05, 3.63) is 74.2 Å². The Labute approximate surface area is 182 Å². The number of hydrogen-bond acceptors (Lipinski definition) is 5. The van der Waals surface area contributed by atoms with E-state index in [1.54, 1.807) is 54.3 Å². The molecule has 0 radical (unpaired) electrons. The first-order valence-corrected chi connectivity index (χ1v) is 10.9. The third-order valence-electron chi connectivity index (χ3n) is 5.40. The van der Waals surface area contributed by atoms with E-state index in [2.05, 4.69) is 10.4 Å². The molecule has 1 aromatic carbocycles. The van der Waals surface area contributed by atoms with Gasteiger partial charge < -0.3 is 5.32 Å². The molecule has 0 fully saturated rings. The fraction of sp³-hybridized carbons (Fsp3) is 0.273. The number of fused-ring (bicyclic) bond motifs is 1. The predicted molar refractivity (Wildman–Crippen MR) is 122 cm³/mol. The van der Waals surface area contributed by atoms with Crippen molar-refractivity contribution in [3.8, 4) is 10.6 Å². The molecule has 0 saturated carbocycles. The topological polar surface area (TPSA) is 90.9 Å². The van der Waals surface area contributed by atoms with Crippen molar-refractivity contribution in [3.63, 3.8) is 0 Å². The smallest absolute Gasteiger partial charge is 0.328 e. The van der Waals surface area contributed by atoms with Gasteiger partial charge in [-0.3, -0.25) is 18.7 Å². The van der Waals surface area contributed by atoms with Crippen LogP contribution in [0.1, 0.15) is 23.7 Å². The minimum absolute atomic E-state index is 0.143. The highest BCUT2D eigenvalue weighted by Crippen LogP contribution is 2.21. The predicted octanol–water partition coefficient (Wildman–Crippen LogP) is 2.37. The molecule has 0 spiro atoms. The van der Waals surface area contributed by atoms with Crippen molar-refractivity contribution in [1.82, 2.24) is 24.2 Å². The molecule has 9 heteroatoms. The number of nitrogens with one attached hydrogen (secondary N) is 1. The molecular weight excluding hydrogens is 414 g/mol. The maximum Gasteiger partial charge on any atom is 0.328 e. The molecule has 0 saturated heterocycles. The number of carbonyl (C=O) groups excluding carboxylic acids is 1. The molecule has 1 atom stereocenters. The summed E-state index contributed by atoms with van der Waals surface area (Å²) in [6.45, 7) is 2.22. The molecule has 0 bridgehead atoms. The summed E-state index contributed by atoms with van der Waals surface area (Å²) in [4.78, 5) is 38.3. The lowest BCUT2D eigenvalue weighted by Gasteiger charge is -2.18. The summed E-state index contributed by atoms with van der Waals surface area (Å²) in [5.41, 5.74) is 2.28. The van der Waals surface area contributed by atoms with Crippen LogP contribution in [0.15, 0.2) is 57.4 Å². The van der Waals surface area contributed by atoms with E-state index in [4.69, 9.17) is 0 Å². The molecule has 31 heavy (non-hydrogen) atoms. The fourth-order valence-corrected chi connectivity index (χ4v) is 4.23. The number of nitrogens with zero attached hydrogens (tertiary/aromatic N) is 4. The molecule has 1 amide bonds. The van der Waals surface area contributed by atoms with Crippen LogP contribution in [0.4, 0.5) is 0 Å². The lowest BCUT2D eigenvalue weighted by Crippen LogP contribution is -2.40. The molecule has 3 heterocycles. The fourth-order valence-electron chi connectivity index (χ4n) is 3.54. The highest BCUT2D eigenvalue weighted by molar-refractivity contribution is 7.13. The van der Waals surface area contributed by atoms with Crippen molar-refractivity contribution in [1.29, 1.82) is 0 Å². The Morgan fingerprint density at radius 2 is 1.87 bits per heavy atom. The van der Waals surface area contributed by atoms with Crippen LogP contribution < -0.4 is 16.6 Å². The van der Waals surface area contributed by atoms with E-state index >= 15 is 0 Å². The van der Waals surface area contributed by atoms with E-state index < -0.39 is 0 Å². The zero-order valence-electron chi connectivity index (χ0n) is 17.5. The first-order valence-electron chi connectivity index (χ1n) is 9.97. The van der Waals surface area contributed by atoms with Gasteiger partial charge in [0.25, 0.3) is 11.5 Å². The number of carbonyl (C=O) groups is 1. The first-order chi connectivity index (χ1) is 14.9. The molecule has 160 valence electrons. The number of amides is 1. The lowest BCUT2D eigenvalue weighted by atomic mass is 10.1. The van der Waals surface area contributed by atoms with Crippen LogP contribution >= 0.6 is 11.3 Å². The van der Waals surface area contributed by atoms with Crippen molar-refractivity contribution in [2.24, 2.45) is 14.1 Å². The molecule has 0 unspecified atom stereocenters. The van der Waals surface area contributed by atoms with Crippen molar-refractivity contribution in [2.45, 2.75) is 25.9 Å². The molecule has 0 aliphatic rings. The highest BCUT2D eigenvalue weighted by Gasteiger charge is 2.17. The van der Waals surface area contributed by atoms with E-state index in [1.807, 2.05) is 24.4 Å². The summed E-state index contributed by atoms with van der Waals surface area (Å²) in [5.74, 6) is -0.257. The number of rotatable bonds is 6. The molecule has 3 aromatic heterocycles. The number of aromatic nitrogens is 4. The summed E-state index contributed by atoms with van der Waals surface area (Å²) >= 11 is 1.55. The van der Waals surface area contributed by atoms with Gasteiger partial charge in [-0.2, -0.15) is 5.10 Å². The van der Waals surface area contributed by atoms with Crippen molar-refractivity contribution >= 4 is 28.3 Å². The normalized spacial score (nSPS) is 12.2. The Kier molecular flexibility index (Phi) is 5.60. The highest BCUT2D eigenvalue weighted by atomic mass is 32.1. The van der Waals surface area contributed by atoms with Gasteiger partial charge in [0.2, 0.25) is 0 Å². The van der Waals surface area contributed by atoms with Gasteiger partial charge in [-0.1, -0.05) is 13.0 Å². The molecule has 1 N–H and O–H groups in total. The number of aryl methyl sites for hydroxylation is 2. The van der Waals surface area contributed by atoms with Crippen molar-refractivity contribution < 1.29 is 4.79 Å². The van der Waals surface area contributed by atoms with Gasteiger partial charge in [-0.05, 0) is 42.1 Å². The summed E-state index contributed by atoms with van der Waals surface area (Å²) < 4.78 is 4.46. The van der Waals surface area contributed by atoms with Crippen LogP contribution in [0.3, 0.4) is 0 Å². The molecule has 0 aliphatic carbocycles. The van der Waals surface area contributed by atoms with Gasteiger partial charge in [0, 0.05) is 31.8 Å². The zero-order chi connectivity index (χ0) is 22.1. The standard InChI is InChI=1S/C22H23N5O3S/c1-4-15(13-27-20(28)10-8-16(24-27)19-6-5-11-31-19)23-21(29)14-7-9-17-18(12-14)26(3)22(30)25(17)2/h5-12,15H,4,13H2,1-3H3,(H,23,29)/t15-/m0/s1. The number of benzene rings is 1. The number of imidazole rings is 1. The Hall–Kier alpha value is -3.46. The quantitative estimate of drug-likeness (QED) is 0.501. The lowest BCUT2D eigenvalue weighted by molar-refractivity contribution is 0.0930. The minimum Gasteiger partial charge on any atom is -0.347 e. The average Bonchev–Trinajstić information content (AvgIpc) is 3.39. The van der Waals surface area contributed by atoms with Gasteiger partial charge >= 0.3 is 5.69 Å². The van der Waals surface area contributed by atoms with E-state index in [1.165, 1.54) is 15.3 Å². The van der Waals surface area contributed by atoms with Gasteiger partial charge in [-0.25, -0.2) is 9.48 Å². The van der Waals surface area contributed by atoms with Gasteiger partial charge in [0.05, 0.1) is 22.5 Å². The van der Waals surface area contributed by atoms with Crippen LogP contribution in [0, 0.1) is 0 Å². The summed E-state index contributed by atoms with van der Waals surface area (Å²) in [6, 6.07) is 12.0. The molecule has 4 aromatic rings. The van der Waals surface area contributed by atoms with Crippen molar-refractivity contribution in [2.75, 3.05) is 0 Å². The van der Waals surface area contributed by atoms with Crippen LogP contribution in [0.25, 0.3) is 21.6 Å². The van der Waals surface area contributed by atoms with Crippen LogP contribution in [0.2, 0.25) is 0 Å². The van der Waals surface area contributed by atoms with Crippen LogP contribution in [-0.4, -0.2) is 30.9 Å². The maximum absolute atomic E-state index is 12.9. The maximum atomic E-state index is 12.9. The Bertz CT molecular complexity index is 1360. The van der Waals surface area contributed by atoms with Gasteiger partial charge in [-0.15, -0.1) is 11.3 Å². The number of hydrogen-bond donors (Lipinski definition) is 1. The molecule has 4 rings (SSSR count). The molecule has 8 nitrogen and oxygen atoms in total. The average molecular weight is 438 g/mol. The third kappa shape index (κ3) is 3.96. The Morgan fingerprint density at radius 3 is 2.58 bits per heavy atom. The summed E-state index contributed by atoms with van der Waals surface area (Å²) in [7, 11) is 3.38. The Morgan fingerprint density at radius 1 is 1.10 bits per heavy atom. The minimum atomic E-state index is -0.272.